The maximum absolute atomic E-state index is 11.9. The van der Waals surface area contributed by atoms with E-state index in [4.69, 9.17) is 5.11 Å². The summed E-state index contributed by atoms with van der Waals surface area (Å²) in [4.78, 5) is 28.3. The van der Waals surface area contributed by atoms with Crippen LogP contribution in [0.4, 0.5) is 10.5 Å². The zero-order valence-corrected chi connectivity index (χ0v) is 10.1. The molecular weight excluding hydrogens is 234 g/mol. The molecule has 6 nitrogen and oxygen atoms in total. The maximum atomic E-state index is 11.9. The SMILES string of the molecule is Cc1ccc(NC(=O)N2CCC[C@H]2C(=O)O)cn1. The summed E-state index contributed by atoms with van der Waals surface area (Å²) < 4.78 is 0. The molecule has 0 aliphatic carbocycles. The number of carbonyl (C=O) groups is 2. The number of hydrogen-bond acceptors (Lipinski definition) is 3. The lowest BCUT2D eigenvalue weighted by molar-refractivity contribution is -0.141. The van der Waals surface area contributed by atoms with Crippen LogP contribution in [0.3, 0.4) is 0 Å². The van der Waals surface area contributed by atoms with Crippen molar-refractivity contribution in [2.75, 3.05) is 11.9 Å². The third-order valence-electron chi connectivity index (χ3n) is 2.96. The van der Waals surface area contributed by atoms with Crippen molar-refractivity contribution in [1.82, 2.24) is 9.88 Å². The quantitative estimate of drug-likeness (QED) is 0.831. The first-order chi connectivity index (χ1) is 8.58. The average Bonchev–Trinajstić information content (AvgIpc) is 2.81. The number of anilines is 1. The van der Waals surface area contributed by atoms with Gasteiger partial charge in [0.15, 0.2) is 0 Å². The summed E-state index contributed by atoms with van der Waals surface area (Å²) in [6, 6.07) is 2.43. The zero-order chi connectivity index (χ0) is 13.1. The van der Waals surface area contributed by atoms with Crippen LogP contribution in [0.1, 0.15) is 18.5 Å². The highest BCUT2D eigenvalue weighted by Crippen LogP contribution is 2.18. The van der Waals surface area contributed by atoms with Crippen LogP contribution in [0.15, 0.2) is 18.3 Å². The van der Waals surface area contributed by atoms with Gasteiger partial charge in [0.05, 0.1) is 11.9 Å². The van der Waals surface area contributed by atoms with Crippen LogP contribution >= 0.6 is 0 Å². The number of carbonyl (C=O) groups excluding carboxylic acids is 1. The van der Waals surface area contributed by atoms with Gasteiger partial charge >= 0.3 is 12.0 Å². The van der Waals surface area contributed by atoms with Gasteiger partial charge in [0.1, 0.15) is 6.04 Å². The fourth-order valence-corrected chi connectivity index (χ4v) is 2.00. The van der Waals surface area contributed by atoms with E-state index in [-0.39, 0.29) is 6.03 Å². The number of nitrogens with one attached hydrogen (secondary N) is 1. The molecule has 1 atom stereocenters. The number of carboxylic acid groups (broad SMARTS) is 1. The Labute approximate surface area is 105 Å². The molecule has 0 aromatic carbocycles. The fraction of sp³-hybridized carbons (Fsp3) is 0.417. The molecule has 0 bridgehead atoms. The Morgan fingerprint density at radius 2 is 2.28 bits per heavy atom. The summed E-state index contributed by atoms with van der Waals surface area (Å²) in [5, 5.41) is 11.7. The van der Waals surface area contributed by atoms with Crippen LogP contribution in [0, 0.1) is 6.92 Å². The number of hydrogen-bond donors (Lipinski definition) is 2. The summed E-state index contributed by atoms with van der Waals surface area (Å²) in [5.74, 6) is -0.954. The van der Waals surface area contributed by atoms with E-state index >= 15 is 0 Å². The minimum Gasteiger partial charge on any atom is -0.480 e. The Morgan fingerprint density at radius 3 is 2.89 bits per heavy atom. The van der Waals surface area contributed by atoms with Crippen LogP contribution < -0.4 is 5.32 Å². The standard InChI is InChI=1S/C12H15N3O3/c1-8-4-5-9(7-13-8)14-12(18)15-6-2-3-10(15)11(16)17/h4-5,7,10H,2-3,6H2,1H3,(H,14,18)(H,16,17)/t10-/m0/s1. The van der Waals surface area contributed by atoms with Crippen LogP contribution in [0.25, 0.3) is 0 Å². The second kappa shape index (κ2) is 5.03. The largest absolute Gasteiger partial charge is 0.480 e. The number of pyridine rings is 1. The summed E-state index contributed by atoms with van der Waals surface area (Å²) in [6.45, 7) is 2.33. The van der Waals surface area contributed by atoms with E-state index in [2.05, 4.69) is 10.3 Å². The number of carboxylic acids is 1. The summed E-state index contributed by atoms with van der Waals surface area (Å²) in [6.07, 6.45) is 2.78. The van der Waals surface area contributed by atoms with Gasteiger partial charge < -0.3 is 15.3 Å². The van der Waals surface area contributed by atoms with Crippen LogP contribution in [0.5, 0.6) is 0 Å². The molecule has 18 heavy (non-hydrogen) atoms. The van der Waals surface area contributed by atoms with Crippen LogP contribution in [-0.2, 0) is 4.79 Å². The Hall–Kier alpha value is -2.11. The van der Waals surface area contributed by atoms with Crippen molar-refractivity contribution in [3.63, 3.8) is 0 Å². The Bertz CT molecular complexity index is 458. The zero-order valence-electron chi connectivity index (χ0n) is 10.1. The number of amides is 2. The van der Waals surface area contributed by atoms with Crippen molar-refractivity contribution in [2.45, 2.75) is 25.8 Å². The van der Waals surface area contributed by atoms with Crippen LogP contribution in [0.2, 0.25) is 0 Å². The van der Waals surface area contributed by atoms with Gasteiger partial charge in [-0.1, -0.05) is 0 Å². The van der Waals surface area contributed by atoms with Crippen molar-refractivity contribution in [2.24, 2.45) is 0 Å². The van der Waals surface area contributed by atoms with Gasteiger partial charge in [-0.05, 0) is 31.9 Å². The van der Waals surface area contributed by atoms with E-state index in [1.54, 1.807) is 18.3 Å². The third-order valence-corrected chi connectivity index (χ3v) is 2.96. The molecule has 2 N–H and O–H groups in total. The van der Waals surface area contributed by atoms with Gasteiger partial charge in [-0.2, -0.15) is 0 Å². The van der Waals surface area contributed by atoms with Crippen molar-refractivity contribution >= 4 is 17.7 Å². The Balaban J connectivity index is 2.03. The molecule has 1 saturated heterocycles. The third kappa shape index (κ3) is 2.58. The summed E-state index contributed by atoms with van der Waals surface area (Å²) >= 11 is 0. The molecule has 2 heterocycles. The number of likely N-dealkylation sites (tertiary alicyclic amines) is 1. The topological polar surface area (TPSA) is 82.5 Å². The van der Waals surface area contributed by atoms with E-state index in [1.165, 1.54) is 4.90 Å². The Kier molecular flexibility index (Phi) is 3.45. The highest BCUT2D eigenvalue weighted by molar-refractivity contribution is 5.92. The first-order valence-corrected chi connectivity index (χ1v) is 5.81. The van der Waals surface area contributed by atoms with E-state index in [0.717, 1.165) is 12.1 Å². The fourth-order valence-electron chi connectivity index (χ4n) is 2.00. The van der Waals surface area contributed by atoms with E-state index in [1.807, 2.05) is 6.92 Å². The van der Waals surface area contributed by atoms with Gasteiger partial charge in [0.2, 0.25) is 0 Å². The predicted molar refractivity (Wildman–Crippen MR) is 65.4 cm³/mol. The average molecular weight is 249 g/mol. The molecule has 1 fully saturated rings. The first kappa shape index (κ1) is 12.3. The molecule has 0 radical (unpaired) electrons. The molecule has 1 aromatic heterocycles. The molecule has 1 aromatic rings. The van der Waals surface area contributed by atoms with Gasteiger partial charge in [0.25, 0.3) is 0 Å². The molecule has 1 aliphatic rings. The lowest BCUT2D eigenvalue weighted by Gasteiger charge is -2.21. The van der Waals surface area contributed by atoms with Crippen molar-refractivity contribution in [3.05, 3.63) is 24.0 Å². The lowest BCUT2D eigenvalue weighted by atomic mass is 10.2. The molecular formula is C12H15N3O3. The van der Waals surface area contributed by atoms with Gasteiger partial charge in [0, 0.05) is 12.2 Å². The molecule has 0 spiro atoms. The normalized spacial score (nSPS) is 18.7. The number of aryl methyl sites for hydroxylation is 1. The predicted octanol–water partition coefficient (Wildman–Crippen LogP) is 1.47. The monoisotopic (exact) mass is 249 g/mol. The minimum absolute atomic E-state index is 0.384. The molecule has 96 valence electrons. The van der Waals surface area contributed by atoms with Crippen molar-refractivity contribution in [3.8, 4) is 0 Å². The molecule has 2 rings (SSSR count). The second-order valence-corrected chi connectivity index (χ2v) is 4.31. The lowest BCUT2D eigenvalue weighted by Crippen LogP contribution is -2.42. The molecule has 0 unspecified atom stereocenters. The number of aromatic nitrogens is 1. The maximum Gasteiger partial charge on any atom is 0.326 e. The minimum atomic E-state index is -0.954. The second-order valence-electron chi connectivity index (χ2n) is 4.31. The number of rotatable bonds is 2. The summed E-state index contributed by atoms with van der Waals surface area (Å²) in [5.41, 5.74) is 1.43. The molecule has 2 amide bonds. The summed E-state index contributed by atoms with van der Waals surface area (Å²) in [7, 11) is 0. The highest BCUT2D eigenvalue weighted by Gasteiger charge is 2.33. The van der Waals surface area contributed by atoms with E-state index in [9.17, 15) is 9.59 Å². The van der Waals surface area contributed by atoms with Gasteiger partial charge in [-0.15, -0.1) is 0 Å². The number of urea groups is 1. The molecule has 1 aliphatic heterocycles. The van der Waals surface area contributed by atoms with Crippen molar-refractivity contribution < 1.29 is 14.7 Å². The Morgan fingerprint density at radius 1 is 1.50 bits per heavy atom. The highest BCUT2D eigenvalue weighted by atomic mass is 16.4. The van der Waals surface area contributed by atoms with E-state index in [0.29, 0.717) is 18.7 Å². The number of aliphatic carboxylic acids is 1. The van der Waals surface area contributed by atoms with Crippen molar-refractivity contribution in [1.29, 1.82) is 0 Å². The van der Waals surface area contributed by atoms with E-state index < -0.39 is 12.0 Å². The molecule has 0 saturated carbocycles. The van der Waals surface area contributed by atoms with Gasteiger partial charge in [-0.3, -0.25) is 4.98 Å². The molecule has 6 heteroatoms. The van der Waals surface area contributed by atoms with Crippen LogP contribution in [-0.4, -0.2) is 39.6 Å². The smallest absolute Gasteiger partial charge is 0.326 e. The first-order valence-electron chi connectivity index (χ1n) is 5.81. The van der Waals surface area contributed by atoms with Gasteiger partial charge in [-0.25, -0.2) is 9.59 Å². The number of nitrogens with zero attached hydrogens (tertiary/aromatic N) is 2.